The number of nitrogen functional groups attached to an aromatic ring is 1. The fourth-order valence-electron chi connectivity index (χ4n) is 2.61. The van der Waals surface area contributed by atoms with E-state index in [0.29, 0.717) is 5.82 Å². The second-order valence-corrected chi connectivity index (χ2v) is 5.73. The second-order valence-electron chi connectivity index (χ2n) is 5.73. The van der Waals surface area contributed by atoms with Gasteiger partial charge in [-0.15, -0.1) is 0 Å². The lowest BCUT2D eigenvalue weighted by Gasteiger charge is -2.36. The van der Waals surface area contributed by atoms with Crippen molar-refractivity contribution >= 4 is 23.0 Å². The fourth-order valence-corrected chi connectivity index (χ4v) is 2.61. The SMILES string of the molecule is CC(C)c1nc(N)cc(N2CCN(C)c3ccccc32)n1. The molecule has 1 aliphatic rings. The van der Waals surface area contributed by atoms with Gasteiger partial charge in [0.1, 0.15) is 17.5 Å². The first-order valence-corrected chi connectivity index (χ1v) is 7.28. The van der Waals surface area contributed by atoms with Gasteiger partial charge in [-0.25, -0.2) is 9.97 Å². The Labute approximate surface area is 125 Å². The van der Waals surface area contributed by atoms with E-state index in [1.807, 2.05) is 6.07 Å². The van der Waals surface area contributed by atoms with Gasteiger partial charge in [0.05, 0.1) is 11.4 Å². The van der Waals surface area contributed by atoms with Gasteiger partial charge in [0.2, 0.25) is 0 Å². The van der Waals surface area contributed by atoms with Crippen LogP contribution in [0.5, 0.6) is 0 Å². The maximum atomic E-state index is 5.96. The first-order chi connectivity index (χ1) is 10.1. The van der Waals surface area contributed by atoms with E-state index in [4.69, 9.17) is 10.7 Å². The molecule has 1 aliphatic heterocycles. The largest absolute Gasteiger partial charge is 0.384 e. The van der Waals surface area contributed by atoms with Crippen LogP contribution in [-0.4, -0.2) is 30.1 Å². The van der Waals surface area contributed by atoms with Crippen molar-refractivity contribution in [1.82, 2.24) is 9.97 Å². The van der Waals surface area contributed by atoms with Crippen molar-refractivity contribution in [2.24, 2.45) is 0 Å². The number of likely N-dealkylation sites (N-methyl/N-ethyl adjacent to an activating group) is 1. The second kappa shape index (κ2) is 5.24. The summed E-state index contributed by atoms with van der Waals surface area (Å²) in [7, 11) is 2.12. The zero-order chi connectivity index (χ0) is 15.0. The third kappa shape index (κ3) is 2.51. The summed E-state index contributed by atoms with van der Waals surface area (Å²) in [6.45, 7) is 6.01. The molecule has 21 heavy (non-hydrogen) atoms. The molecule has 0 saturated carbocycles. The molecule has 0 amide bonds. The van der Waals surface area contributed by atoms with Crippen molar-refractivity contribution in [3.05, 3.63) is 36.2 Å². The van der Waals surface area contributed by atoms with Crippen LogP contribution in [0, 0.1) is 0 Å². The number of hydrogen-bond acceptors (Lipinski definition) is 5. The van der Waals surface area contributed by atoms with Crippen LogP contribution in [0.1, 0.15) is 25.6 Å². The zero-order valence-electron chi connectivity index (χ0n) is 12.7. The molecular weight excluding hydrogens is 262 g/mol. The van der Waals surface area contributed by atoms with E-state index in [9.17, 15) is 0 Å². The summed E-state index contributed by atoms with van der Waals surface area (Å²) < 4.78 is 0. The maximum Gasteiger partial charge on any atom is 0.138 e. The van der Waals surface area contributed by atoms with Crippen LogP contribution in [0.25, 0.3) is 0 Å². The van der Waals surface area contributed by atoms with Gasteiger partial charge >= 0.3 is 0 Å². The third-order valence-corrected chi connectivity index (χ3v) is 3.79. The van der Waals surface area contributed by atoms with E-state index < -0.39 is 0 Å². The molecule has 3 rings (SSSR count). The van der Waals surface area contributed by atoms with Gasteiger partial charge in [-0.1, -0.05) is 26.0 Å². The van der Waals surface area contributed by atoms with Gasteiger partial charge in [-0.3, -0.25) is 0 Å². The summed E-state index contributed by atoms with van der Waals surface area (Å²) in [4.78, 5) is 13.5. The van der Waals surface area contributed by atoms with Crippen molar-refractivity contribution < 1.29 is 0 Å². The van der Waals surface area contributed by atoms with Crippen LogP contribution >= 0.6 is 0 Å². The molecule has 2 aromatic rings. The predicted molar refractivity (Wildman–Crippen MR) is 87.3 cm³/mol. The summed E-state index contributed by atoms with van der Waals surface area (Å²) in [5, 5.41) is 0. The fraction of sp³-hybridized carbons (Fsp3) is 0.375. The third-order valence-electron chi connectivity index (χ3n) is 3.79. The van der Waals surface area contributed by atoms with Crippen molar-refractivity contribution in [2.75, 3.05) is 35.7 Å². The van der Waals surface area contributed by atoms with Crippen LogP contribution in [0.15, 0.2) is 30.3 Å². The lowest BCUT2D eigenvalue weighted by Crippen LogP contribution is -2.37. The van der Waals surface area contributed by atoms with Gasteiger partial charge in [-0.05, 0) is 12.1 Å². The Balaban J connectivity index is 2.07. The summed E-state index contributed by atoms with van der Waals surface area (Å²) in [6.07, 6.45) is 0. The van der Waals surface area contributed by atoms with Crippen molar-refractivity contribution in [1.29, 1.82) is 0 Å². The van der Waals surface area contributed by atoms with E-state index >= 15 is 0 Å². The van der Waals surface area contributed by atoms with Gasteiger partial charge < -0.3 is 15.5 Å². The van der Waals surface area contributed by atoms with Gasteiger partial charge in [0.15, 0.2) is 0 Å². The Morgan fingerprint density at radius 3 is 2.52 bits per heavy atom. The van der Waals surface area contributed by atoms with Crippen LogP contribution in [0.3, 0.4) is 0 Å². The van der Waals surface area contributed by atoms with E-state index in [1.54, 1.807) is 0 Å². The Morgan fingerprint density at radius 2 is 1.81 bits per heavy atom. The normalized spacial score (nSPS) is 14.5. The van der Waals surface area contributed by atoms with Crippen LogP contribution in [0.2, 0.25) is 0 Å². The first kappa shape index (κ1) is 13.7. The topological polar surface area (TPSA) is 58.3 Å². The number of nitrogens with zero attached hydrogens (tertiary/aromatic N) is 4. The molecule has 0 aliphatic carbocycles. The van der Waals surface area contributed by atoms with Gasteiger partial charge in [-0.2, -0.15) is 0 Å². The molecule has 0 fully saturated rings. The number of aromatic nitrogens is 2. The van der Waals surface area contributed by atoms with E-state index in [-0.39, 0.29) is 5.92 Å². The summed E-state index contributed by atoms with van der Waals surface area (Å²) in [6, 6.07) is 10.2. The minimum Gasteiger partial charge on any atom is -0.384 e. The number of nitrogens with two attached hydrogens (primary N) is 1. The Bertz CT molecular complexity index is 653. The van der Waals surface area contributed by atoms with E-state index in [0.717, 1.165) is 24.7 Å². The highest BCUT2D eigenvalue weighted by Crippen LogP contribution is 2.36. The molecule has 2 heterocycles. The number of rotatable bonds is 2. The molecule has 1 aromatic heterocycles. The number of anilines is 4. The number of fused-ring (bicyclic) bond motifs is 1. The summed E-state index contributed by atoms with van der Waals surface area (Å²) >= 11 is 0. The summed E-state index contributed by atoms with van der Waals surface area (Å²) in [5.41, 5.74) is 8.34. The highest BCUT2D eigenvalue weighted by atomic mass is 15.3. The molecule has 1 aromatic carbocycles. The average Bonchev–Trinajstić information content (AvgIpc) is 2.47. The van der Waals surface area contributed by atoms with Crippen molar-refractivity contribution in [3.8, 4) is 0 Å². The highest BCUT2D eigenvalue weighted by molar-refractivity contribution is 5.78. The predicted octanol–water partition coefficient (Wildman–Crippen LogP) is 2.77. The average molecular weight is 283 g/mol. The Kier molecular flexibility index (Phi) is 3.41. The molecular formula is C16H21N5. The molecule has 0 unspecified atom stereocenters. The monoisotopic (exact) mass is 283 g/mol. The lowest BCUT2D eigenvalue weighted by molar-refractivity contribution is 0.760. The maximum absolute atomic E-state index is 5.96. The number of benzene rings is 1. The molecule has 0 atom stereocenters. The zero-order valence-corrected chi connectivity index (χ0v) is 12.7. The molecule has 0 spiro atoms. The molecule has 0 radical (unpaired) electrons. The highest BCUT2D eigenvalue weighted by Gasteiger charge is 2.22. The lowest BCUT2D eigenvalue weighted by atomic mass is 10.1. The molecule has 0 bridgehead atoms. The summed E-state index contributed by atoms with van der Waals surface area (Å²) in [5.74, 6) is 2.46. The first-order valence-electron chi connectivity index (χ1n) is 7.28. The molecule has 110 valence electrons. The number of hydrogen-bond donors (Lipinski definition) is 1. The minimum atomic E-state index is 0.259. The van der Waals surface area contributed by atoms with Crippen LogP contribution in [0.4, 0.5) is 23.0 Å². The Morgan fingerprint density at radius 1 is 1.10 bits per heavy atom. The molecule has 2 N–H and O–H groups in total. The van der Waals surface area contributed by atoms with E-state index in [1.165, 1.54) is 11.4 Å². The molecule has 5 heteroatoms. The van der Waals surface area contributed by atoms with Crippen molar-refractivity contribution in [2.45, 2.75) is 19.8 Å². The van der Waals surface area contributed by atoms with Crippen molar-refractivity contribution in [3.63, 3.8) is 0 Å². The minimum absolute atomic E-state index is 0.259. The van der Waals surface area contributed by atoms with Gasteiger partial charge in [0, 0.05) is 32.1 Å². The quantitative estimate of drug-likeness (QED) is 0.918. The van der Waals surface area contributed by atoms with E-state index in [2.05, 4.69) is 59.9 Å². The Hall–Kier alpha value is -2.30. The van der Waals surface area contributed by atoms with Gasteiger partial charge in [0.25, 0.3) is 0 Å². The molecule has 5 nitrogen and oxygen atoms in total. The van der Waals surface area contributed by atoms with Crippen LogP contribution in [-0.2, 0) is 0 Å². The molecule has 0 saturated heterocycles. The van der Waals surface area contributed by atoms with Crippen LogP contribution < -0.4 is 15.5 Å². The standard InChI is InChI=1S/C16H21N5/c1-11(2)16-18-14(17)10-15(19-16)21-9-8-20(3)12-6-4-5-7-13(12)21/h4-7,10-11H,8-9H2,1-3H3,(H2,17,18,19). The smallest absolute Gasteiger partial charge is 0.138 e. The number of para-hydroxylation sites is 2.